The van der Waals surface area contributed by atoms with E-state index in [0.29, 0.717) is 22.9 Å². The molecule has 12 nitrogen and oxygen atoms in total. The van der Waals surface area contributed by atoms with Gasteiger partial charge in [0.15, 0.2) is 6.61 Å². The topological polar surface area (TPSA) is 178 Å². The highest BCUT2D eigenvalue weighted by molar-refractivity contribution is 8.00. The van der Waals surface area contributed by atoms with E-state index < -0.39 is 27.8 Å². The molecule has 2 aliphatic heterocycles. The van der Waals surface area contributed by atoms with E-state index >= 15 is 0 Å². The Morgan fingerprint density at radius 2 is 1.69 bits per heavy atom. The molecule has 49 heavy (non-hydrogen) atoms. The maximum absolute atomic E-state index is 14.0. The Morgan fingerprint density at radius 1 is 0.980 bits per heavy atom. The Morgan fingerprint density at radius 3 is 2.39 bits per heavy atom. The number of nitrogens with one attached hydrogen (secondary N) is 2. The lowest BCUT2D eigenvalue weighted by molar-refractivity contribution is -0.123. The molecule has 3 amide bonds. The van der Waals surface area contributed by atoms with Crippen LogP contribution in [0.3, 0.4) is 0 Å². The first-order valence-corrected chi connectivity index (χ1v) is 18.8. The van der Waals surface area contributed by atoms with Gasteiger partial charge in [0.1, 0.15) is 11.5 Å². The molecule has 4 aliphatic rings. The molecule has 4 aromatic rings. The molecule has 2 saturated carbocycles. The average molecular weight is 719 g/mol. The highest BCUT2D eigenvalue weighted by atomic mass is 32.2. The molecule has 4 unspecified atom stereocenters. The molecule has 8 rings (SSSR count). The number of imide groups is 1. The fourth-order valence-electron chi connectivity index (χ4n) is 8.25. The number of methoxy groups -OCH3 is 1. The number of hydrogen-bond donors (Lipinski definition) is 3. The van der Waals surface area contributed by atoms with Crippen LogP contribution < -0.4 is 29.7 Å². The molecule has 1 aromatic heterocycles. The van der Waals surface area contributed by atoms with E-state index in [0.717, 1.165) is 21.9 Å². The SMILES string of the molecule is COc1ccc(N2C(=O)C3C(C2=O)[C@@H]2C[C@H]3C3Sc4[nH]c(=O)sc4[C@H](c4cccc(OCC(=O)Nc5ccc(S(N)(=O)=O)cc5)c4)C32)cc1. The first-order chi connectivity index (χ1) is 23.5. The maximum Gasteiger partial charge on any atom is 0.305 e. The van der Waals surface area contributed by atoms with Crippen molar-refractivity contribution in [2.45, 2.75) is 27.5 Å². The Hall–Kier alpha value is -4.44. The summed E-state index contributed by atoms with van der Waals surface area (Å²) in [4.78, 5) is 58.3. The quantitative estimate of drug-likeness (QED) is 0.229. The maximum atomic E-state index is 14.0. The van der Waals surface area contributed by atoms with Gasteiger partial charge in [0.2, 0.25) is 21.8 Å². The first kappa shape index (κ1) is 31.8. The number of hydrogen-bond acceptors (Lipinski definition) is 10. The van der Waals surface area contributed by atoms with E-state index in [9.17, 15) is 27.6 Å². The summed E-state index contributed by atoms with van der Waals surface area (Å²) in [5, 5.41) is 8.64. The summed E-state index contributed by atoms with van der Waals surface area (Å²) in [6.45, 7) is -0.304. The Kier molecular flexibility index (Phi) is 7.70. The second-order valence-corrected chi connectivity index (χ2v) is 16.4. The number of fused-ring (bicyclic) bond motifs is 9. The molecule has 4 N–H and O–H groups in total. The van der Waals surface area contributed by atoms with Crippen LogP contribution in [0, 0.1) is 29.6 Å². The molecule has 3 fully saturated rings. The Bertz CT molecular complexity index is 2170. The van der Waals surface area contributed by atoms with Gasteiger partial charge in [-0.25, -0.2) is 13.6 Å². The van der Waals surface area contributed by atoms with E-state index in [1.807, 2.05) is 18.2 Å². The number of nitrogens with two attached hydrogens (primary N) is 1. The van der Waals surface area contributed by atoms with Crippen molar-refractivity contribution in [3.63, 3.8) is 0 Å². The second-order valence-electron chi connectivity index (χ2n) is 12.6. The largest absolute Gasteiger partial charge is 0.497 e. The summed E-state index contributed by atoms with van der Waals surface area (Å²) in [6, 6.07) is 19.9. The van der Waals surface area contributed by atoms with Crippen LogP contribution in [0.1, 0.15) is 22.8 Å². The number of rotatable bonds is 8. The van der Waals surface area contributed by atoms with Crippen molar-refractivity contribution >= 4 is 62.2 Å². The van der Waals surface area contributed by atoms with Gasteiger partial charge in [0.25, 0.3) is 5.91 Å². The number of anilines is 2. The van der Waals surface area contributed by atoms with Crippen LogP contribution in [-0.4, -0.2) is 50.1 Å². The number of carbonyl (C=O) groups is 3. The Labute approximate surface area is 289 Å². The highest BCUT2D eigenvalue weighted by Crippen LogP contribution is 2.68. The van der Waals surface area contributed by atoms with Crippen molar-refractivity contribution in [3.8, 4) is 11.5 Å². The first-order valence-electron chi connectivity index (χ1n) is 15.6. The van der Waals surface area contributed by atoms with E-state index in [1.165, 1.54) is 40.5 Å². The standard InChI is InChI=1S/C34H30N4O8S3/c1-45-19-9-7-18(8-10-19)38-32(40)27-22-14-23(28(27)33(38)41)29-26(22)25(30-31(47-29)37-34(42)48-30)16-3-2-4-20(13-16)46-15-24(39)36-17-5-11-21(12-6-17)49(35,43)44/h2-13,22-23,25-29H,14-15H2,1H3,(H,36,39)(H,37,42)(H2,35,43,44)/t22-,23-,25-,26?,27?,28?,29?/m1/s1. The smallest absolute Gasteiger partial charge is 0.305 e. The zero-order valence-corrected chi connectivity index (χ0v) is 28.3. The zero-order valence-electron chi connectivity index (χ0n) is 25.9. The van der Waals surface area contributed by atoms with Crippen molar-refractivity contribution in [1.29, 1.82) is 0 Å². The predicted octanol–water partition coefficient (Wildman–Crippen LogP) is 3.79. The van der Waals surface area contributed by atoms with Gasteiger partial charge in [-0.1, -0.05) is 23.5 Å². The summed E-state index contributed by atoms with van der Waals surface area (Å²) in [6.07, 6.45) is 0.760. The lowest BCUT2D eigenvalue weighted by Gasteiger charge is -2.43. The number of aromatic amines is 1. The number of nitrogens with zero attached hydrogens (tertiary/aromatic N) is 1. The monoisotopic (exact) mass is 718 g/mol. The fourth-order valence-corrected chi connectivity index (χ4v) is 11.7. The van der Waals surface area contributed by atoms with Gasteiger partial charge in [-0.2, -0.15) is 0 Å². The van der Waals surface area contributed by atoms with E-state index in [1.54, 1.807) is 49.2 Å². The summed E-state index contributed by atoms with van der Waals surface area (Å²) < 4.78 is 34.2. The summed E-state index contributed by atoms with van der Waals surface area (Å²) >= 11 is 2.79. The number of H-pyrrole nitrogens is 1. The van der Waals surface area contributed by atoms with E-state index in [4.69, 9.17) is 14.6 Å². The van der Waals surface area contributed by atoms with Crippen LogP contribution in [0.25, 0.3) is 0 Å². The molecule has 1 saturated heterocycles. The molecule has 7 atom stereocenters. The third-order valence-corrected chi connectivity index (χ3v) is 13.6. The summed E-state index contributed by atoms with van der Waals surface area (Å²) in [5.41, 5.74) is 1.82. The number of benzene rings is 3. The number of ether oxygens (including phenoxy) is 2. The number of carbonyl (C=O) groups excluding carboxylic acids is 3. The molecular weight excluding hydrogens is 689 g/mol. The van der Waals surface area contributed by atoms with Crippen LogP contribution >= 0.6 is 23.1 Å². The van der Waals surface area contributed by atoms with Crippen LogP contribution in [0.4, 0.5) is 11.4 Å². The second kappa shape index (κ2) is 11.9. The van der Waals surface area contributed by atoms with Crippen molar-refractivity contribution < 1.29 is 32.3 Å². The molecule has 15 heteroatoms. The molecule has 3 heterocycles. The van der Waals surface area contributed by atoms with Gasteiger partial charge in [-0.15, -0.1) is 11.8 Å². The van der Waals surface area contributed by atoms with Gasteiger partial charge in [0.05, 0.1) is 34.6 Å². The number of primary sulfonamides is 1. The number of aromatic nitrogens is 1. The third kappa shape index (κ3) is 5.35. The van der Waals surface area contributed by atoms with Crippen LogP contribution in [0.2, 0.25) is 0 Å². The van der Waals surface area contributed by atoms with Crippen molar-refractivity contribution in [2.75, 3.05) is 23.9 Å². The van der Waals surface area contributed by atoms with E-state index in [-0.39, 0.29) is 57.1 Å². The van der Waals surface area contributed by atoms with Crippen LogP contribution in [0.15, 0.2) is 87.5 Å². The molecule has 252 valence electrons. The molecule has 0 spiro atoms. The van der Waals surface area contributed by atoms with Gasteiger partial charge < -0.3 is 19.8 Å². The van der Waals surface area contributed by atoms with Gasteiger partial charge in [-0.05, 0) is 90.4 Å². The van der Waals surface area contributed by atoms with Crippen molar-refractivity contribution in [2.24, 2.45) is 34.7 Å². The lowest BCUT2D eigenvalue weighted by Crippen LogP contribution is -2.42. The molecule has 2 bridgehead atoms. The minimum absolute atomic E-state index is 0.00150. The van der Waals surface area contributed by atoms with E-state index in [2.05, 4.69) is 10.3 Å². The molecule has 2 aliphatic carbocycles. The van der Waals surface area contributed by atoms with Gasteiger partial charge in [0, 0.05) is 21.7 Å². The predicted molar refractivity (Wildman–Crippen MR) is 182 cm³/mol. The number of sulfonamides is 1. The molecule has 3 aromatic carbocycles. The summed E-state index contributed by atoms with van der Waals surface area (Å²) in [7, 11) is -2.29. The van der Waals surface area contributed by atoms with Crippen LogP contribution in [0.5, 0.6) is 11.5 Å². The number of thiazole rings is 1. The van der Waals surface area contributed by atoms with Crippen LogP contribution in [-0.2, 0) is 24.4 Å². The summed E-state index contributed by atoms with van der Waals surface area (Å²) in [5.74, 6) is -0.841. The lowest BCUT2D eigenvalue weighted by atomic mass is 9.68. The molecule has 0 radical (unpaired) electrons. The Balaban J connectivity index is 1.05. The van der Waals surface area contributed by atoms with Gasteiger partial charge in [-0.3, -0.25) is 24.1 Å². The minimum atomic E-state index is -3.85. The zero-order chi connectivity index (χ0) is 34.2. The van der Waals surface area contributed by atoms with Crippen molar-refractivity contribution in [3.05, 3.63) is 92.9 Å². The van der Waals surface area contributed by atoms with Gasteiger partial charge >= 0.3 is 4.87 Å². The van der Waals surface area contributed by atoms with Crippen molar-refractivity contribution in [1.82, 2.24) is 4.98 Å². The highest BCUT2D eigenvalue weighted by Gasteiger charge is 2.69. The molecular formula is C34H30N4O8S3. The normalized spacial score (nSPS) is 26.7. The average Bonchev–Trinajstić information content (AvgIpc) is 3.82. The minimum Gasteiger partial charge on any atom is -0.497 e. The fraction of sp³-hybridized carbons (Fsp3) is 0.294. The number of amides is 3. The third-order valence-electron chi connectivity index (χ3n) is 10.1. The number of thioether (sulfide) groups is 1.